The summed E-state index contributed by atoms with van der Waals surface area (Å²) in [6, 6.07) is 0. The maximum Gasteiger partial charge on any atom is 0.193 e. The minimum absolute atomic E-state index is 0.407. The van der Waals surface area contributed by atoms with Crippen molar-refractivity contribution in [2.75, 3.05) is 5.73 Å². The molecule has 2 rings (SSSR count). The van der Waals surface area contributed by atoms with Crippen LogP contribution in [0.25, 0.3) is 0 Å². The lowest BCUT2D eigenvalue weighted by Crippen LogP contribution is -1.92. The van der Waals surface area contributed by atoms with Gasteiger partial charge in [-0.3, -0.25) is 0 Å². The van der Waals surface area contributed by atoms with Crippen LogP contribution in [0.4, 0.5) is 5.82 Å². The Morgan fingerprint density at radius 1 is 1.00 bits per heavy atom. The molecule has 2 N–H and O–H groups in total. The summed E-state index contributed by atoms with van der Waals surface area (Å²) >= 11 is 1.35. The maximum atomic E-state index is 5.43. The van der Waals surface area contributed by atoms with Crippen molar-refractivity contribution in [3.05, 3.63) is 30.4 Å². The largest absolute Gasteiger partial charge is 0.382 e. The summed E-state index contributed by atoms with van der Waals surface area (Å²) in [6.45, 7) is 1.94. The van der Waals surface area contributed by atoms with E-state index < -0.39 is 0 Å². The van der Waals surface area contributed by atoms with E-state index in [1.54, 1.807) is 18.6 Å². The molecule has 15 heavy (non-hydrogen) atoms. The Morgan fingerprint density at radius 2 is 1.73 bits per heavy atom. The van der Waals surface area contributed by atoms with Gasteiger partial charge in [-0.25, -0.2) is 19.9 Å². The number of anilines is 1. The number of hydrogen-bond acceptors (Lipinski definition) is 6. The molecule has 0 unspecified atom stereocenters. The van der Waals surface area contributed by atoms with E-state index in [1.807, 2.05) is 6.92 Å². The first-order valence-corrected chi connectivity index (χ1v) is 5.10. The van der Waals surface area contributed by atoms with Crippen molar-refractivity contribution < 1.29 is 0 Å². The van der Waals surface area contributed by atoms with Gasteiger partial charge >= 0.3 is 0 Å². The Kier molecular flexibility index (Phi) is 2.77. The second-order valence-corrected chi connectivity index (χ2v) is 3.91. The Morgan fingerprint density at radius 3 is 2.33 bits per heavy atom. The molecule has 2 aromatic heterocycles. The number of hydrogen-bond donors (Lipinski definition) is 1. The minimum Gasteiger partial charge on any atom is -0.382 e. The average Bonchev–Trinajstić information content (AvgIpc) is 2.25. The van der Waals surface area contributed by atoms with Gasteiger partial charge in [-0.1, -0.05) is 0 Å². The summed E-state index contributed by atoms with van der Waals surface area (Å²) in [4.78, 5) is 16.3. The van der Waals surface area contributed by atoms with E-state index in [0.717, 1.165) is 10.6 Å². The third-order valence-electron chi connectivity index (χ3n) is 1.60. The molecule has 0 aliphatic carbocycles. The topological polar surface area (TPSA) is 77.6 Å². The molecule has 0 spiro atoms. The van der Waals surface area contributed by atoms with Crippen LogP contribution in [0.5, 0.6) is 0 Å². The van der Waals surface area contributed by atoms with Crippen LogP contribution in [-0.4, -0.2) is 19.9 Å². The summed E-state index contributed by atoms with van der Waals surface area (Å²) in [5, 5.41) is 1.38. The fraction of sp³-hybridized carbons (Fsp3) is 0.111. The highest BCUT2D eigenvalue weighted by atomic mass is 32.2. The van der Waals surface area contributed by atoms with Crippen LogP contribution in [-0.2, 0) is 0 Å². The first-order valence-electron chi connectivity index (χ1n) is 4.28. The van der Waals surface area contributed by atoms with E-state index in [2.05, 4.69) is 19.9 Å². The van der Waals surface area contributed by atoms with Crippen LogP contribution in [0.3, 0.4) is 0 Å². The molecule has 76 valence electrons. The molecule has 2 aromatic rings. The van der Waals surface area contributed by atoms with E-state index in [4.69, 9.17) is 5.73 Å². The molecule has 0 aliphatic heterocycles. The van der Waals surface area contributed by atoms with E-state index in [0.29, 0.717) is 11.0 Å². The van der Waals surface area contributed by atoms with Crippen molar-refractivity contribution >= 4 is 17.6 Å². The van der Waals surface area contributed by atoms with Gasteiger partial charge in [0.15, 0.2) is 5.16 Å². The molecule has 0 saturated carbocycles. The number of aryl methyl sites for hydroxylation is 1. The molecule has 2 heterocycles. The second kappa shape index (κ2) is 4.22. The predicted molar refractivity (Wildman–Crippen MR) is 57.3 cm³/mol. The number of aromatic nitrogens is 4. The zero-order valence-corrected chi connectivity index (χ0v) is 8.90. The van der Waals surface area contributed by atoms with Gasteiger partial charge in [-0.2, -0.15) is 0 Å². The molecule has 6 heteroatoms. The van der Waals surface area contributed by atoms with E-state index in [1.165, 1.54) is 18.0 Å². The minimum atomic E-state index is 0.407. The van der Waals surface area contributed by atoms with Crippen LogP contribution < -0.4 is 5.73 Å². The van der Waals surface area contributed by atoms with Gasteiger partial charge in [0.1, 0.15) is 10.8 Å². The summed E-state index contributed by atoms with van der Waals surface area (Å²) < 4.78 is 0. The van der Waals surface area contributed by atoms with Crippen molar-refractivity contribution in [2.24, 2.45) is 0 Å². The zero-order chi connectivity index (χ0) is 10.7. The third kappa shape index (κ3) is 2.63. The van der Waals surface area contributed by atoms with Gasteiger partial charge < -0.3 is 5.73 Å². The van der Waals surface area contributed by atoms with Crippen LogP contribution in [0, 0.1) is 6.92 Å². The van der Waals surface area contributed by atoms with Gasteiger partial charge in [0.05, 0.1) is 12.4 Å². The fourth-order valence-electron chi connectivity index (χ4n) is 0.906. The lowest BCUT2D eigenvalue weighted by molar-refractivity contribution is 0.941. The highest BCUT2D eigenvalue weighted by Crippen LogP contribution is 2.21. The highest BCUT2D eigenvalue weighted by molar-refractivity contribution is 7.99. The molecule has 0 radical (unpaired) electrons. The Hall–Kier alpha value is -1.69. The van der Waals surface area contributed by atoms with Crippen molar-refractivity contribution in [1.82, 2.24) is 19.9 Å². The van der Waals surface area contributed by atoms with Crippen LogP contribution in [0.2, 0.25) is 0 Å². The number of nitrogen functional groups attached to an aromatic ring is 1. The molecule has 0 aliphatic rings. The zero-order valence-electron chi connectivity index (χ0n) is 8.08. The van der Waals surface area contributed by atoms with E-state index in [9.17, 15) is 0 Å². The Balaban J connectivity index is 2.15. The SMILES string of the molecule is Cc1cnc(Sc2cnc(N)cn2)nc1. The highest BCUT2D eigenvalue weighted by Gasteiger charge is 2.01. The van der Waals surface area contributed by atoms with Gasteiger partial charge in [-0.15, -0.1) is 0 Å². The Bertz CT molecular complexity index is 396. The van der Waals surface area contributed by atoms with Gasteiger partial charge in [-0.05, 0) is 24.2 Å². The first kappa shape index (κ1) is 9.85. The molecular weight excluding hydrogens is 210 g/mol. The maximum absolute atomic E-state index is 5.43. The summed E-state index contributed by atoms with van der Waals surface area (Å²) in [7, 11) is 0. The first-order chi connectivity index (χ1) is 7.24. The molecule has 0 bridgehead atoms. The molecule has 0 aromatic carbocycles. The van der Waals surface area contributed by atoms with Crippen LogP contribution in [0.1, 0.15) is 5.56 Å². The normalized spacial score (nSPS) is 10.2. The lowest BCUT2D eigenvalue weighted by Gasteiger charge is -1.98. The standard InChI is InChI=1S/C9H9N5S/c1-6-2-13-9(14-3-6)15-8-5-11-7(10)4-12-8/h2-5H,1H3,(H2,10,11). The van der Waals surface area contributed by atoms with Gasteiger partial charge in [0, 0.05) is 12.4 Å². The second-order valence-electron chi connectivity index (χ2n) is 2.92. The summed E-state index contributed by atoms with van der Waals surface area (Å²) in [6.07, 6.45) is 6.64. The number of rotatable bonds is 2. The lowest BCUT2D eigenvalue weighted by atomic mass is 10.4. The smallest absolute Gasteiger partial charge is 0.193 e. The van der Waals surface area contributed by atoms with Crippen molar-refractivity contribution in [3.63, 3.8) is 0 Å². The molecular formula is C9H9N5S. The monoisotopic (exact) mass is 219 g/mol. The van der Waals surface area contributed by atoms with Crippen molar-refractivity contribution in [2.45, 2.75) is 17.1 Å². The number of nitrogens with two attached hydrogens (primary N) is 1. The molecule has 0 amide bonds. The average molecular weight is 219 g/mol. The molecule has 0 saturated heterocycles. The van der Waals surface area contributed by atoms with Crippen LogP contribution in [0.15, 0.2) is 35.0 Å². The Labute approximate surface area is 91.2 Å². The van der Waals surface area contributed by atoms with Gasteiger partial charge in [0.2, 0.25) is 0 Å². The third-order valence-corrected chi connectivity index (χ3v) is 2.41. The van der Waals surface area contributed by atoms with E-state index in [-0.39, 0.29) is 0 Å². The quantitative estimate of drug-likeness (QED) is 0.767. The number of nitrogens with zero attached hydrogens (tertiary/aromatic N) is 4. The van der Waals surface area contributed by atoms with Crippen molar-refractivity contribution in [3.8, 4) is 0 Å². The molecule has 0 atom stereocenters. The molecule has 5 nitrogen and oxygen atoms in total. The van der Waals surface area contributed by atoms with Crippen molar-refractivity contribution in [1.29, 1.82) is 0 Å². The van der Waals surface area contributed by atoms with Crippen LogP contribution >= 0.6 is 11.8 Å². The fourth-order valence-corrected chi connectivity index (χ4v) is 1.51. The van der Waals surface area contributed by atoms with Gasteiger partial charge in [0.25, 0.3) is 0 Å². The summed E-state index contributed by atoms with van der Waals surface area (Å²) in [5.41, 5.74) is 6.46. The summed E-state index contributed by atoms with van der Waals surface area (Å²) in [5.74, 6) is 0.407. The predicted octanol–water partition coefficient (Wildman–Crippen LogP) is 1.31. The van der Waals surface area contributed by atoms with E-state index >= 15 is 0 Å². The molecule has 0 fully saturated rings.